The summed E-state index contributed by atoms with van der Waals surface area (Å²) < 4.78 is 5.37. The predicted molar refractivity (Wildman–Crippen MR) is 71.4 cm³/mol. The molecule has 0 spiro atoms. The van der Waals surface area contributed by atoms with Crippen molar-refractivity contribution in [1.82, 2.24) is 0 Å². The molecular weight excluding hydrogens is 244 g/mol. The van der Waals surface area contributed by atoms with Crippen LogP contribution in [0.25, 0.3) is 27.9 Å². The molecule has 1 heterocycles. The molecule has 0 saturated carbocycles. The Balaban J connectivity index is 2.69. The van der Waals surface area contributed by atoms with Gasteiger partial charge in [-0.15, -0.1) is 0 Å². The minimum Gasteiger partial charge on any atom is -0.512 e. The summed E-state index contributed by atoms with van der Waals surface area (Å²) in [6.45, 7) is 1.47. The van der Waals surface area contributed by atoms with Gasteiger partial charge >= 0.3 is 0 Å². The van der Waals surface area contributed by atoms with E-state index < -0.39 is 0 Å². The second kappa shape index (κ2) is 3.95. The number of aliphatic hydroxyl groups is 1. The summed E-state index contributed by atoms with van der Waals surface area (Å²) in [5, 5.41) is 11.4. The molecule has 0 unspecified atom stereocenters. The van der Waals surface area contributed by atoms with E-state index in [9.17, 15) is 14.7 Å². The van der Waals surface area contributed by atoms with Crippen molar-refractivity contribution in [3.63, 3.8) is 0 Å². The Kier molecular flexibility index (Phi) is 2.38. The van der Waals surface area contributed by atoms with Gasteiger partial charge in [-0.3, -0.25) is 9.59 Å². The van der Waals surface area contributed by atoms with E-state index in [-0.39, 0.29) is 22.2 Å². The van der Waals surface area contributed by atoms with Crippen molar-refractivity contribution in [2.24, 2.45) is 0 Å². The minimum atomic E-state index is -0.327. The van der Waals surface area contributed by atoms with Crippen molar-refractivity contribution < 1.29 is 14.3 Å². The second-order valence-corrected chi connectivity index (χ2v) is 4.37. The highest BCUT2D eigenvalue weighted by atomic mass is 16.3. The highest BCUT2D eigenvalue weighted by molar-refractivity contribution is 5.97. The summed E-state index contributed by atoms with van der Waals surface area (Å²) in [6.07, 6.45) is 0.601. The average Bonchev–Trinajstić information content (AvgIpc) is 2.37. The number of carbonyl (C=O) groups excluding carboxylic acids is 1. The molecule has 0 aromatic heterocycles. The monoisotopic (exact) mass is 254 g/mol. The third-order valence-corrected chi connectivity index (χ3v) is 3.12. The van der Waals surface area contributed by atoms with Crippen molar-refractivity contribution in [1.29, 1.82) is 0 Å². The van der Waals surface area contributed by atoms with Crippen LogP contribution in [0.2, 0.25) is 0 Å². The van der Waals surface area contributed by atoms with Crippen LogP contribution >= 0.6 is 0 Å². The molecule has 4 nitrogen and oxygen atoms in total. The van der Waals surface area contributed by atoms with Crippen molar-refractivity contribution in [2.45, 2.75) is 6.92 Å². The molecule has 0 saturated heterocycles. The van der Waals surface area contributed by atoms with Gasteiger partial charge in [0.15, 0.2) is 17.5 Å². The molecule has 1 aromatic carbocycles. The van der Waals surface area contributed by atoms with Crippen LogP contribution in [-0.2, 0) is 0 Å². The van der Waals surface area contributed by atoms with E-state index in [0.717, 1.165) is 10.9 Å². The molecule has 2 aliphatic rings. The van der Waals surface area contributed by atoms with Crippen molar-refractivity contribution in [3.05, 3.63) is 51.5 Å². The third-order valence-electron chi connectivity index (χ3n) is 3.12. The molecule has 0 fully saturated rings. The molecule has 0 bridgehead atoms. The molecule has 0 amide bonds. The van der Waals surface area contributed by atoms with Crippen LogP contribution < -0.4 is 10.6 Å². The molecular formula is C15H10O4. The first-order chi connectivity index (χ1) is 9.11. The summed E-state index contributed by atoms with van der Waals surface area (Å²) in [5.41, 5.74) is 0.405. The molecule has 1 aliphatic carbocycles. The van der Waals surface area contributed by atoms with Gasteiger partial charge in [-0.2, -0.15) is 0 Å². The average molecular weight is 254 g/mol. The number of aliphatic hydroxyl groups excluding tert-OH is 1. The number of carbonyl (C=O) groups is 1. The zero-order valence-electron chi connectivity index (χ0n) is 10.1. The first kappa shape index (κ1) is 11.5. The molecule has 94 valence electrons. The molecule has 19 heavy (non-hydrogen) atoms. The van der Waals surface area contributed by atoms with Gasteiger partial charge in [-0.1, -0.05) is 18.2 Å². The van der Waals surface area contributed by atoms with Gasteiger partial charge in [0, 0.05) is 17.0 Å². The number of hydrogen-bond acceptors (Lipinski definition) is 4. The molecule has 1 aromatic rings. The zero-order valence-corrected chi connectivity index (χ0v) is 10.1. The van der Waals surface area contributed by atoms with Crippen LogP contribution in [0.4, 0.5) is 0 Å². The maximum absolute atomic E-state index is 12.0. The highest BCUT2D eigenvalue weighted by Crippen LogP contribution is 2.30. The van der Waals surface area contributed by atoms with E-state index in [4.69, 9.17) is 4.42 Å². The minimum absolute atomic E-state index is 0.0288. The van der Waals surface area contributed by atoms with Gasteiger partial charge in [-0.25, -0.2) is 0 Å². The summed E-state index contributed by atoms with van der Waals surface area (Å²) in [6, 6.07) is 8.28. The number of rotatable bonds is 1. The Hall–Kier alpha value is -2.62. The fraction of sp³-hybridized carbons (Fsp3) is 0.0667. The fourth-order valence-electron chi connectivity index (χ4n) is 2.39. The number of benzene rings is 2. The lowest BCUT2D eigenvalue weighted by atomic mass is 9.97. The Morgan fingerprint density at radius 1 is 1.32 bits per heavy atom. The van der Waals surface area contributed by atoms with Crippen LogP contribution in [0, 0.1) is 0 Å². The van der Waals surface area contributed by atoms with E-state index in [1.165, 1.54) is 13.0 Å². The molecule has 1 N–H and O–H groups in total. The lowest BCUT2D eigenvalue weighted by Gasteiger charge is -2.11. The SMILES string of the molecule is CC(O)=c1c(=O)cc2oc(C=O)cc3cccc1c3-2. The van der Waals surface area contributed by atoms with E-state index >= 15 is 0 Å². The van der Waals surface area contributed by atoms with E-state index in [1.54, 1.807) is 18.2 Å². The Bertz CT molecular complexity index is 869. The fourth-order valence-corrected chi connectivity index (χ4v) is 2.39. The molecule has 4 heteroatoms. The van der Waals surface area contributed by atoms with Gasteiger partial charge in [0.1, 0.15) is 11.5 Å². The van der Waals surface area contributed by atoms with Crippen LogP contribution in [0.5, 0.6) is 0 Å². The molecule has 0 atom stereocenters. The Labute approximate surface area is 107 Å². The summed E-state index contributed by atoms with van der Waals surface area (Å²) >= 11 is 0. The van der Waals surface area contributed by atoms with E-state index in [0.29, 0.717) is 17.4 Å². The van der Waals surface area contributed by atoms with Gasteiger partial charge in [0.25, 0.3) is 0 Å². The van der Waals surface area contributed by atoms with Crippen molar-refractivity contribution >= 4 is 22.8 Å². The van der Waals surface area contributed by atoms with Crippen LogP contribution in [0.15, 0.2) is 39.5 Å². The van der Waals surface area contributed by atoms with Gasteiger partial charge in [0.2, 0.25) is 0 Å². The van der Waals surface area contributed by atoms with Crippen LogP contribution in [0.3, 0.4) is 0 Å². The smallest absolute Gasteiger partial charge is 0.193 e. The standard InChI is InChI=1S/C15H10O4/c1-8(17)14-11-4-2-3-9-5-10(7-16)19-13(15(9)11)6-12(14)18/h2-7,17H,1H3. The van der Waals surface area contributed by atoms with Gasteiger partial charge < -0.3 is 9.52 Å². The molecule has 3 rings (SSSR count). The maximum Gasteiger partial charge on any atom is 0.193 e. The predicted octanol–water partition coefficient (Wildman–Crippen LogP) is 2.12. The van der Waals surface area contributed by atoms with Crippen molar-refractivity contribution in [3.8, 4) is 11.3 Å². The van der Waals surface area contributed by atoms with Crippen LogP contribution in [0.1, 0.15) is 17.5 Å². The molecule has 1 aliphatic heterocycles. The number of aldehydes is 1. The summed E-state index contributed by atoms with van der Waals surface area (Å²) in [4.78, 5) is 22.8. The Morgan fingerprint density at radius 2 is 2.11 bits per heavy atom. The van der Waals surface area contributed by atoms with Gasteiger partial charge in [-0.05, 0) is 18.4 Å². The van der Waals surface area contributed by atoms with Gasteiger partial charge in [0.05, 0.1) is 5.22 Å². The van der Waals surface area contributed by atoms with Crippen LogP contribution in [-0.4, -0.2) is 11.4 Å². The first-order valence-corrected chi connectivity index (χ1v) is 5.76. The summed E-state index contributed by atoms with van der Waals surface area (Å²) in [5.74, 6) is 0.487. The third kappa shape index (κ3) is 1.61. The Morgan fingerprint density at radius 3 is 2.79 bits per heavy atom. The topological polar surface area (TPSA) is 67.5 Å². The normalized spacial score (nSPS) is 12.9. The quantitative estimate of drug-likeness (QED) is 0.675. The highest BCUT2D eigenvalue weighted by Gasteiger charge is 2.16. The summed E-state index contributed by atoms with van der Waals surface area (Å²) in [7, 11) is 0. The van der Waals surface area contributed by atoms with Crippen molar-refractivity contribution in [2.75, 3.05) is 0 Å². The lowest BCUT2D eigenvalue weighted by Crippen LogP contribution is -2.27. The second-order valence-electron chi connectivity index (χ2n) is 4.37. The lowest BCUT2D eigenvalue weighted by molar-refractivity contribution is 0.109. The maximum atomic E-state index is 12.0. The largest absolute Gasteiger partial charge is 0.512 e. The first-order valence-electron chi connectivity index (χ1n) is 5.76. The van der Waals surface area contributed by atoms with E-state index in [2.05, 4.69) is 0 Å². The number of hydrogen-bond donors (Lipinski definition) is 1. The molecule has 0 radical (unpaired) electrons. The zero-order chi connectivity index (χ0) is 13.6. The van der Waals surface area contributed by atoms with E-state index in [1.807, 2.05) is 6.07 Å².